The summed E-state index contributed by atoms with van der Waals surface area (Å²) in [6.45, 7) is 5.09. The second-order valence-electron chi connectivity index (χ2n) is 6.08. The van der Waals surface area contributed by atoms with E-state index in [0.717, 1.165) is 11.1 Å². The molecule has 0 saturated carbocycles. The van der Waals surface area contributed by atoms with Crippen LogP contribution in [0.5, 0.6) is 17.2 Å². The van der Waals surface area contributed by atoms with E-state index < -0.39 is 0 Å². The number of nitrogens with zero attached hydrogens (tertiary/aromatic N) is 1. The summed E-state index contributed by atoms with van der Waals surface area (Å²) in [7, 11) is 2.98. The number of hydrogen-bond donors (Lipinski definition) is 3. The van der Waals surface area contributed by atoms with Crippen LogP contribution in [0.15, 0.2) is 35.3 Å². The van der Waals surface area contributed by atoms with E-state index in [4.69, 9.17) is 32.7 Å². The van der Waals surface area contributed by atoms with Gasteiger partial charge in [-0.25, -0.2) is 4.99 Å². The maximum atomic E-state index is 10.0. The van der Waals surface area contributed by atoms with Gasteiger partial charge in [0.25, 0.3) is 0 Å². The summed E-state index contributed by atoms with van der Waals surface area (Å²) in [5.74, 6) is 1.29. The summed E-state index contributed by atoms with van der Waals surface area (Å²) >= 11 is 12.1. The van der Waals surface area contributed by atoms with Crippen LogP contribution >= 0.6 is 47.2 Å². The Labute approximate surface area is 198 Å². The third-order valence-corrected chi connectivity index (χ3v) is 4.84. The van der Waals surface area contributed by atoms with Gasteiger partial charge in [-0.1, -0.05) is 29.3 Å². The third kappa shape index (κ3) is 7.01. The SMILES string of the molecule is CCNC(=NCc1cc(OC)c(O)c(OC)c1)NC(C)c1ccc(Cl)c(Cl)c1.I. The molecular formula is C20H26Cl2IN3O3. The Morgan fingerprint density at radius 1 is 1.10 bits per heavy atom. The van der Waals surface area contributed by atoms with E-state index in [0.29, 0.717) is 40.6 Å². The predicted molar refractivity (Wildman–Crippen MR) is 129 cm³/mol. The van der Waals surface area contributed by atoms with Gasteiger partial charge in [-0.2, -0.15) is 0 Å². The van der Waals surface area contributed by atoms with Gasteiger partial charge >= 0.3 is 0 Å². The number of guanidine groups is 1. The molecule has 0 fully saturated rings. The fourth-order valence-electron chi connectivity index (χ4n) is 2.60. The first-order valence-electron chi connectivity index (χ1n) is 8.83. The molecule has 0 saturated heterocycles. The lowest BCUT2D eigenvalue weighted by molar-refractivity contribution is 0.339. The van der Waals surface area contributed by atoms with E-state index in [1.54, 1.807) is 18.2 Å². The monoisotopic (exact) mass is 553 g/mol. The summed E-state index contributed by atoms with van der Waals surface area (Å²) in [6.07, 6.45) is 0. The van der Waals surface area contributed by atoms with Gasteiger partial charge in [0.1, 0.15) is 0 Å². The van der Waals surface area contributed by atoms with Crippen LogP contribution in [-0.2, 0) is 6.54 Å². The molecule has 3 N–H and O–H groups in total. The number of aromatic hydroxyl groups is 1. The molecule has 2 aromatic carbocycles. The highest BCUT2D eigenvalue weighted by molar-refractivity contribution is 14.0. The van der Waals surface area contributed by atoms with E-state index in [9.17, 15) is 5.11 Å². The van der Waals surface area contributed by atoms with Crippen LogP contribution in [0.2, 0.25) is 10.0 Å². The van der Waals surface area contributed by atoms with Crippen LogP contribution in [-0.4, -0.2) is 31.8 Å². The second kappa shape index (κ2) is 12.2. The molecule has 160 valence electrons. The average molecular weight is 554 g/mol. The van der Waals surface area contributed by atoms with Gasteiger partial charge in [0.15, 0.2) is 17.5 Å². The Balaban J connectivity index is 0.00000420. The number of ether oxygens (including phenoxy) is 2. The zero-order valence-electron chi connectivity index (χ0n) is 16.8. The minimum absolute atomic E-state index is 0. The molecule has 0 aliphatic carbocycles. The molecule has 0 spiro atoms. The summed E-state index contributed by atoms with van der Waals surface area (Å²) in [4.78, 5) is 4.61. The Morgan fingerprint density at radius 3 is 2.24 bits per heavy atom. The highest BCUT2D eigenvalue weighted by atomic mass is 127. The van der Waals surface area contributed by atoms with Gasteiger partial charge in [0, 0.05) is 6.54 Å². The number of phenols is 1. The minimum atomic E-state index is -0.0315. The topological polar surface area (TPSA) is 75.1 Å². The standard InChI is InChI=1S/C20H25Cl2N3O3.HI/c1-5-23-20(25-12(2)14-6-7-15(21)16(22)10-14)24-11-13-8-17(27-3)19(26)18(9-13)28-4;/h6-10,12,26H,5,11H2,1-4H3,(H2,23,24,25);1H. The van der Waals surface area contributed by atoms with Crippen molar-refractivity contribution in [1.82, 2.24) is 10.6 Å². The summed E-state index contributed by atoms with van der Waals surface area (Å²) < 4.78 is 10.4. The molecule has 0 amide bonds. The lowest BCUT2D eigenvalue weighted by Crippen LogP contribution is -2.38. The molecule has 0 bridgehead atoms. The molecule has 0 aliphatic rings. The van der Waals surface area contributed by atoms with Crippen molar-refractivity contribution < 1.29 is 14.6 Å². The molecule has 1 unspecified atom stereocenters. The molecule has 0 radical (unpaired) electrons. The second-order valence-corrected chi connectivity index (χ2v) is 6.90. The van der Waals surface area contributed by atoms with E-state index in [2.05, 4.69) is 15.6 Å². The number of halogens is 3. The van der Waals surface area contributed by atoms with Crippen molar-refractivity contribution in [2.24, 2.45) is 4.99 Å². The Hall–Kier alpha value is -1.58. The van der Waals surface area contributed by atoms with Gasteiger partial charge in [-0.3, -0.25) is 0 Å². The van der Waals surface area contributed by atoms with E-state index in [1.165, 1.54) is 14.2 Å². The maximum absolute atomic E-state index is 10.0. The van der Waals surface area contributed by atoms with Crippen molar-refractivity contribution in [1.29, 1.82) is 0 Å². The average Bonchev–Trinajstić information content (AvgIpc) is 2.69. The summed E-state index contributed by atoms with van der Waals surface area (Å²) in [6, 6.07) is 8.96. The number of aliphatic imine (C=N–C) groups is 1. The third-order valence-electron chi connectivity index (χ3n) is 4.10. The first-order chi connectivity index (χ1) is 13.4. The smallest absolute Gasteiger partial charge is 0.200 e. The Kier molecular flexibility index (Phi) is 10.7. The molecule has 29 heavy (non-hydrogen) atoms. The number of phenolic OH excluding ortho intramolecular Hbond substituents is 1. The number of nitrogens with one attached hydrogen (secondary N) is 2. The molecule has 1 atom stereocenters. The number of methoxy groups -OCH3 is 2. The lowest BCUT2D eigenvalue weighted by Gasteiger charge is -2.19. The van der Waals surface area contributed by atoms with Gasteiger partial charge in [0.2, 0.25) is 5.75 Å². The number of rotatable bonds is 7. The van der Waals surface area contributed by atoms with Crippen LogP contribution in [0.1, 0.15) is 31.0 Å². The first kappa shape index (κ1) is 25.5. The Morgan fingerprint density at radius 2 is 1.72 bits per heavy atom. The predicted octanol–water partition coefficient (Wildman–Crippen LogP) is 5.15. The van der Waals surface area contributed by atoms with Crippen molar-refractivity contribution in [3.8, 4) is 17.2 Å². The zero-order valence-corrected chi connectivity index (χ0v) is 20.6. The molecule has 0 aromatic heterocycles. The fourth-order valence-corrected chi connectivity index (χ4v) is 2.91. The van der Waals surface area contributed by atoms with E-state index >= 15 is 0 Å². The lowest BCUT2D eigenvalue weighted by atomic mass is 10.1. The van der Waals surface area contributed by atoms with Crippen LogP contribution in [0, 0.1) is 0 Å². The molecule has 2 aromatic rings. The van der Waals surface area contributed by atoms with Crippen LogP contribution in [0.25, 0.3) is 0 Å². The van der Waals surface area contributed by atoms with Gasteiger partial charge in [0.05, 0.1) is 36.9 Å². The molecule has 6 nitrogen and oxygen atoms in total. The van der Waals surface area contributed by atoms with Gasteiger partial charge in [-0.15, -0.1) is 24.0 Å². The van der Waals surface area contributed by atoms with E-state index in [1.807, 2.05) is 26.0 Å². The number of benzene rings is 2. The normalized spacial score (nSPS) is 12.0. The summed E-state index contributed by atoms with van der Waals surface area (Å²) in [5.41, 5.74) is 1.83. The Bertz CT molecular complexity index is 825. The van der Waals surface area contributed by atoms with Crippen molar-refractivity contribution in [3.63, 3.8) is 0 Å². The highest BCUT2D eigenvalue weighted by Crippen LogP contribution is 2.37. The van der Waals surface area contributed by atoms with Crippen molar-refractivity contribution in [2.75, 3.05) is 20.8 Å². The molecule has 0 aliphatic heterocycles. The van der Waals surface area contributed by atoms with Gasteiger partial charge < -0.3 is 25.2 Å². The van der Waals surface area contributed by atoms with Crippen molar-refractivity contribution >= 4 is 53.1 Å². The zero-order chi connectivity index (χ0) is 20.7. The molecule has 0 heterocycles. The number of hydrogen-bond acceptors (Lipinski definition) is 4. The molecule has 9 heteroatoms. The first-order valence-corrected chi connectivity index (χ1v) is 9.58. The van der Waals surface area contributed by atoms with Crippen LogP contribution in [0.3, 0.4) is 0 Å². The quantitative estimate of drug-likeness (QED) is 0.251. The maximum Gasteiger partial charge on any atom is 0.200 e. The minimum Gasteiger partial charge on any atom is -0.502 e. The molecule has 2 rings (SSSR count). The molecular weight excluding hydrogens is 528 g/mol. The van der Waals surface area contributed by atoms with Crippen LogP contribution < -0.4 is 20.1 Å². The van der Waals surface area contributed by atoms with Gasteiger partial charge in [-0.05, 0) is 49.2 Å². The van der Waals surface area contributed by atoms with Crippen LogP contribution in [0.4, 0.5) is 0 Å². The largest absolute Gasteiger partial charge is 0.502 e. The van der Waals surface area contributed by atoms with Crippen molar-refractivity contribution in [2.45, 2.75) is 26.4 Å². The fraction of sp³-hybridized carbons (Fsp3) is 0.350. The van der Waals surface area contributed by atoms with E-state index in [-0.39, 0.29) is 35.8 Å². The summed E-state index contributed by atoms with van der Waals surface area (Å²) in [5, 5.41) is 17.6. The van der Waals surface area contributed by atoms with Crippen molar-refractivity contribution in [3.05, 3.63) is 51.5 Å². The highest BCUT2D eigenvalue weighted by Gasteiger charge is 2.12.